The van der Waals surface area contributed by atoms with Crippen LogP contribution in [-0.2, 0) is 24.4 Å². The maximum atomic E-state index is 12.6. The lowest BCUT2D eigenvalue weighted by molar-refractivity contribution is -0.147. The number of nitrogens with zero attached hydrogens (tertiary/aromatic N) is 1. The van der Waals surface area contributed by atoms with Gasteiger partial charge in [-0.2, -0.15) is 8.42 Å². The average molecular weight is 542 g/mol. The van der Waals surface area contributed by atoms with Gasteiger partial charge in [0, 0.05) is 29.2 Å². The maximum absolute atomic E-state index is 12.6. The Morgan fingerprint density at radius 1 is 1.00 bits per heavy atom. The van der Waals surface area contributed by atoms with E-state index in [0.29, 0.717) is 10.7 Å². The molecule has 1 fully saturated rings. The number of carbonyl (C=O) groups excluding carboxylic acids is 3. The van der Waals surface area contributed by atoms with Crippen molar-refractivity contribution in [2.45, 2.75) is 25.2 Å². The fraction of sp³-hybridized carbons (Fsp3) is 0.222. The third-order valence-corrected chi connectivity index (χ3v) is 7.70. The van der Waals surface area contributed by atoms with E-state index in [1.165, 1.54) is 41.3 Å². The summed E-state index contributed by atoms with van der Waals surface area (Å²) in [6.45, 7) is 3.26. The minimum absolute atomic E-state index is 0.0136. The maximum Gasteiger partial charge on any atom is 0.339 e. The summed E-state index contributed by atoms with van der Waals surface area (Å²) in [5.74, 6) is -2.02. The van der Waals surface area contributed by atoms with Crippen LogP contribution in [0.5, 0.6) is 5.75 Å². The van der Waals surface area contributed by atoms with Crippen molar-refractivity contribution >= 4 is 45.1 Å². The largest absolute Gasteiger partial charge is 0.457 e. The summed E-state index contributed by atoms with van der Waals surface area (Å²) in [6.07, 6.45) is -0.0273. The molecule has 3 aromatic carbocycles. The minimum atomic E-state index is -4.02. The molecule has 1 heterocycles. The summed E-state index contributed by atoms with van der Waals surface area (Å²) in [5, 5.41) is 0.520. The number of rotatable bonds is 8. The molecule has 192 valence electrons. The van der Waals surface area contributed by atoms with Gasteiger partial charge >= 0.3 is 16.1 Å². The molecule has 10 heteroatoms. The molecule has 0 bridgehead atoms. The van der Waals surface area contributed by atoms with E-state index >= 15 is 0 Å². The molecule has 1 saturated heterocycles. The number of halogens is 1. The number of hydrogen-bond acceptors (Lipinski definition) is 7. The molecular formula is C27H24ClNO7S. The molecule has 0 aromatic heterocycles. The molecule has 0 aliphatic carbocycles. The number of amides is 1. The van der Waals surface area contributed by atoms with Gasteiger partial charge in [0.2, 0.25) is 5.91 Å². The highest BCUT2D eigenvalue weighted by Gasteiger charge is 2.37. The van der Waals surface area contributed by atoms with Gasteiger partial charge in [-0.3, -0.25) is 14.4 Å². The summed E-state index contributed by atoms with van der Waals surface area (Å²) >= 11 is 6.15. The van der Waals surface area contributed by atoms with Crippen LogP contribution in [0.3, 0.4) is 0 Å². The predicted octanol–water partition coefficient (Wildman–Crippen LogP) is 4.50. The first kappa shape index (κ1) is 26.4. The van der Waals surface area contributed by atoms with Gasteiger partial charge in [-0.15, -0.1) is 0 Å². The van der Waals surface area contributed by atoms with E-state index in [4.69, 9.17) is 20.5 Å². The zero-order valence-electron chi connectivity index (χ0n) is 20.1. The lowest BCUT2D eigenvalue weighted by Crippen LogP contribution is -2.27. The van der Waals surface area contributed by atoms with Gasteiger partial charge in [-0.05, 0) is 67.9 Å². The van der Waals surface area contributed by atoms with Crippen LogP contribution in [-0.4, -0.2) is 39.2 Å². The van der Waals surface area contributed by atoms with Crippen molar-refractivity contribution in [3.05, 3.63) is 88.4 Å². The van der Waals surface area contributed by atoms with Crippen molar-refractivity contribution in [2.75, 3.05) is 18.1 Å². The molecule has 1 amide bonds. The second-order valence-electron chi connectivity index (χ2n) is 8.70. The smallest absolute Gasteiger partial charge is 0.339 e. The Morgan fingerprint density at radius 2 is 1.68 bits per heavy atom. The molecule has 1 aliphatic rings. The van der Waals surface area contributed by atoms with Crippen molar-refractivity contribution in [2.24, 2.45) is 5.92 Å². The molecule has 1 aliphatic heterocycles. The molecule has 0 unspecified atom stereocenters. The van der Waals surface area contributed by atoms with Crippen LogP contribution in [0.1, 0.15) is 27.9 Å². The molecule has 3 aromatic rings. The van der Waals surface area contributed by atoms with Crippen LogP contribution in [0.4, 0.5) is 5.69 Å². The van der Waals surface area contributed by atoms with Crippen LogP contribution in [0, 0.1) is 19.8 Å². The van der Waals surface area contributed by atoms with E-state index in [1.54, 1.807) is 37.3 Å². The Kier molecular flexibility index (Phi) is 7.65. The zero-order valence-corrected chi connectivity index (χ0v) is 21.7. The Balaban J connectivity index is 1.33. The van der Waals surface area contributed by atoms with Gasteiger partial charge in [0.05, 0.1) is 5.92 Å². The van der Waals surface area contributed by atoms with Crippen LogP contribution in [0.15, 0.2) is 71.6 Å². The number of hydrogen-bond donors (Lipinski definition) is 0. The molecule has 0 saturated carbocycles. The molecule has 0 radical (unpaired) electrons. The highest BCUT2D eigenvalue weighted by Crippen LogP contribution is 2.32. The molecule has 37 heavy (non-hydrogen) atoms. The number of carbonyl (C=O) groups is 3. The Bertz CT molecular complexity index is 1450. The predicted molar refractivity (Wildman–Crippen MR) is 137 cm³/mol. The summed E-state index contributed by atoms with van der Waals surface area (Å²) < 4.78 is 35.2. The van der Waals surface area contributed by atoms with Crippen LogP contribution in [0.25, 0.3) is 0 Å². The molecule has 1 atom stereocenters. The number of aryl methyl sites for hydroxylation is 1. The Hall–Kier alpha value is -3.69. The minimum Gasteiger partial charge on any atom is -0.457 e. The van der Waals surface area contributed by atoms with Gasteiger partial charge in [-0.1, -0.05) is 35.4 Å². The van der Waals surface area contributed by atoms with Crippen molar-refractivity contribution < 1.29 is 31.7 Å². The van der Waals surface area contributed by atoms with Gasteiger partial charge < -0.3 is 13.8 Å². The van der Waals surface area contributed by atoms with Crippen molar-refractivity contribution in [1.82, 2.24) is 0 Å². The first-order valence-electron chi connectivity index (χ1n) is 11.4. The molecule has 0 spiro atoms. The molecular weight excluding hydrogens is 518 g/mol. The summed E-state index contributed by atoms with van der Waals surface area (Å²) in [7, 11) is -4.02. The summed E-state index contributed by atoms with van der Waals surface area (Å²) in [6, 6.07) is 16.9. The topological polar surface area (TPSA) is 107 Å². The first-order chi connectivity index (χ1) is 17.5. The molecule has 4 rings (SSSR count). The number of esters is 1. The monoisotopic (exact) mass is 541 g/mol. The Morgan fingerprint density at radius 3 is 2.35 bits per heavy atom. The molecule has 0 N–H and O–H groups in total. The van der Waals surface area contributed by atoms with Crippen LogP contribution >= 0.6 is 11.6 Å². The highest BCUT2D eigenvalue weighted by atomic mass is 35.5. The number of ether oxygens (including phenoxy) is 1. The van der Waals surface area contributed by atoms with Crippen molar-refractivity contribution in [1.29, 1.82) is 0 Å². The van der Waals surface area contributed by atoms with Crippen LogP contribution < -0.4 is 9.08 Å². The second kappa shape index (κ2) is 10.7. The average Bonchev–Trinajstić information content (AvgIpc) is 3.26. The fourth-order valence-corrected chi connectivity index (χ4v) is 5.00. The second-order valence-corrected chi connectivity index (χ2v) is 10.6. The van der Waals surface area contributed by atoms with Crippen LogP contribution in [0.2, 0.25) is 5.02 Å². The molecule has 8 nitrogen and oxygen atoms in total. The Labute approximate surface area is 219 Å². The van der Waals surface area contributed by atoms with Crippen molar-refractivity contribution in [3.63, 3.8) is 0 Å². The van der Waals surface area contributed by atoms with E-state index in [2.05, 4.69) is 0 Å². The van der Waals surface area contributed by atoms with Gasteiger partial charge in [0.15, 0.2) is 12.4 Å². The first-order valence-corrected chi connectivity index (χ1v) is 13.2. The summed E-state index contributed by atoms with van der Waals surface area (Å²) in [5.41, 5.74) is 2.50. The van der Waals surface area contributed by atoms with Crippen molar-refractivity contribution in [3.8, 4) is 5.75 Å². The third kappa shape index (κ3) is 6.00. The number of ketones is 1. The van der Waals surface area contributed by atoms with Gasteiger partial charge in [-0.25, -0.2) is 0 Å². The lowest BCUT2D eigenvalue weighted by atomic mass is 10.1. The van der Waals surface area contributed by atoms with E-state index < -0.39 is 34.4 Å². The van der Waals surface area contributed by atoms with Gasteiger partial charge in [0.25, 0.3) is 0 Å². The standard InChI is InChI=1S/C27H24ClNO7S/c1-17-6-12-22(13-7-17)37(33,34)36-21-10-8-19(9-11-21)25(30)16-35-27(32)20-14-26(31)29(15-20)24-5-3-4-23(28)18(24)2/h3-13,20H,14-16H2,1-2H3/t20-/m0/s1. The quantitative estimate of drug-likeness (QED) is 0.235. The van der Waals surface area contributed by atoms with E-state index in [9.17, 15) is 22.8 Å². The fourth-order valence-electron chi connectivity index (χ4n) is 3.90. The SMILES string of the molecule is Cc1ccc(S(=O)(=O)Oc2ccc(C(=O)COC(=O)[C@H]3CC(=O)N(c4cccc(Cl)c4C)C3)cc2)cc1. The zero-order chi connectivity index (χ0) is 26.7. The number of anilines is 1. The third-order valence-electron chi connectivity index (χ3n) is 6.03. The van der Waals surface area contributed by atoms with Gasteiger partial charge in [0.1, 0.15) is 10.6 Å². The summed E-state index contributed by atoms with van der Waals surface area (Å²) in [4.78, 5) is 39.1. The number of Topliss-reactive ketones (excluding diaryl/α,β-unsaturated/α-hetero) is 1. The van der Waals surface area contributed by atoms with E-state index in [1.807, 2.05) is 6.92 Å². The van der Waals surface area contributed by atoms with E-state index in [0.717, 1.165) is 11.1 Å². The number of benzene rings is 3. The highest BCUT2D eigenvalue weighted by molar-refractivity contribution is 7.87. The normalized spacial score (nSPS) is 15.5. The lowest BCUT2D eigenvalue weighted by Gasteiger charge is -2.19. The van der Waals surface area contributed by atoms with E-state index in [-0.39, 0.29) is 35.1 Å².